The summed E-state index contributed by atoms with van der Waals surface area (Å²) >= 11 is 0. The molecule has 2 aliphatic rings. The lowest BCUT2D eigenvalue weighted by Crippen LogP contribution is -2.49. The van der Waals surface area contributed by atoms with Crippen molar-refractivity contribution in [3.8, 4) is 6.07 Å². The smallest absolute Gasteiger partial charge is 0.237 e. The zero-order valence-corrected chi connectivity index (χ0v) is 16.0. The largest absolute Gasteiger partial charge is 0.371 e. The van der Waals surface area contributed by atoms with Gasteiger partial charge in [0.1, 0.15) is 0 Å². The van der Waals surface area contributed by atoms with Crippen LogP contribution in [0.1, 0.15) is 38.7 Å². The van der Waals surface area contributed by atoms with E-state index >= 15 is 0 Å². The van der Waals surface area contributed by atoms with Crippen LogP contribution in [0.4, 0.5) is 5.69 Å². The predicted octanol–water partition coefficient (Wildman–Crippen LogP) is 2.52. The normalized spacial score (nSPS) is 25.8. The number of carbonyl (C=O) groups excluding carboxylic acids is 1. The molecule has 1 saturated heterocycles. The van der Waals surface area contributed by atoms with Crippen LogP contribution in [0.25, 0.3) is 0 Å². The van der Waals surface area contributed by atoms with Crippen LogP contribution in [0.3, 0.4) is 0 Å². The Morgan fingerprint density at radius 2 is 2.00 bits per heavy atom. The van der Waals surface area contributed by atoms with Crippen LogP contribution in [0.5, 0.6) is 0 Å². The number of nitrogens with one attached hydrogen (secondary N) is 2. The molecule has 1 aliphatic carbocycles. The average Bonchev–Trinajstić information content (AvgIpc) is 3.21. The van der Waals surface area contributed by atoms with E-state index in [1.807, 2.05) is 31.3 Å². The second kappa shape index (κ2) is 8.09. The van der Waals surface area contributed by atoms with Crippen LogP contribution in [0, 0.1) is 29.1 Å². The fourth-order valence-electron chi connectivity index (χ4n) is 4.51. The van der Waals surface area contributed by atoms with Crippen LogP contribution in [-0.4, -0.2) is 38.1 Å². The molecular formula is C21H30N4O. The highest BCUT2D eigenvalue weighted by Gasteiger charge is 2.43. The summed E-state index contributed by atoms with van der Waals surface area (Å²) in [6.45, 7) is 6.33. The number of likely N-dealkylation sites (N-methyl/N-ethyl adjacent to an activating group) is 1. The summed E-state index contributed by atoms with van der Waals surface area (Å²) in [7, 11) is 1.87. The summed E-state index contributed by atoms with van der Waals surface area (Å²) in [6.07, 6.45) is 3.12. The lowest BCUT2D eigenvalue weighted by atomic mass is 9.97. The lowest BCUT2D eigenvalue weighted by molar-refractivity contribution is -0.124. The maximum Gasteiger partial charge on any atom is 0.237 e. The summed E-state index contributed by atoms with van der Waals surface area (Å²) < 4.78 is 0. The van der Waals surface area contributed by atoms with Gasteiger partial charge in [-0.2, -0.15) is 5.26 Å². The molecule has 1 aromatic carbocycles. The molecule has 1 aromatic rings. The summed E-state index contributed by atoms with van der Waals surface area (Å²) in [5, 5.41) is 15.4. The Kier molecular flexibility index (Phi) is 5.83. The minimum atomic E-state index is -0.106. The van der Waals surface area contributed by atoms with E-state index in [1.54, 1.807) is 0 Å². The van der Waals surface area contributed by atoms with Crippen LogP contribution in [0.2, 0.25) is 0 Å². The van der Waals surface area contributed by atoms with Gasteiger partial charge in [0.15, 0.2) is 0 Å². The number of benzene rings is 1. The molecule has 0 spiro atoms. The molecule has 1 saturated carbocycles. The van der Waals surface area contributed by atoms with Crippen molar-refractivity contribution in [3.63, 3.8) is 0 Å². The van der Waals surface area contributed by atoms with E-state index in [0.29, 0.717) is 23.3 Å². The zero-order chi connectivity index (χ0) is 18.7. The van der Waals surface area contributed by atoms with E-state index in [0.717, 1.165) is 25.9 Å². The Morgan fingerprint density at radius 3 is 2.62 bits per heavy atom. The van der Waals surface area contributed by atoms with Gasteiger partial charge in [-0.3, -0.25) is 4.79 Å². The van der Waals surface area contributed by atoms with Crippen molar-refractivity contribution in [2.75, 3.05) is 25.0 Å². The van der Waals surface area contributed by atoms with Gasteiger partial charge in [0, 0.05) is 30.7 Å². The predicted molar refractivity (Wildman–Crippen MR) is 104 cm³/mol. The van der Waals surface area contributed by atoms with E-state index in [4.69, 9.17) is 5.26 Å². The monoisotopic (exact) mass is 354 g/mol. The number of hydrogen-bond donors (Lipinski definition) is 2. The minimum absolute atomic E-state index is 0.106. The second-order valence-corrected chi connectivity index (χ2v) is 8.15. The summed E-state index contributed by atoms with van der Waals surface area (Å²) in [4.78, 5) is 15.1. The number of nitriles is 1. The second-order valence-electron chi connectivity index (χ2n) is 8.15. The average molecular weight is 354 g/mol. The molecule has 1 heterocycles. The van der Waals surface area contributed by atoms with Crippen LogP contribution in [0.15, 0.2) is 24.3 Å². The fraction of sp³-hybridized carbons (Fsp3) is 0.619. The number of anilines is 1. The molecule has 1 amide bonds. The SMILES string of the molecule is CN[C@@H](CC(C)C)C(=O)N[C@H]1CC[C@@H]2CN(c3ccc(C#N)cc3)C[C@@H]21. The van der Waals surface area contributed by atoms with Gasteiger partial charge < -0.3 is 15.5 Å². The molecule has 4 atom stereocenters. The van der Waals surface area contributed by atoms with Gasteiger partial charge in [-0.05, 0) is 62.4 Å². The Bertz CT molecular complexity index is 664. The number of hydrogen-bond acceptors (Lipinski definition) is 4. The summed E-state index contributed by atoms with van der Waals surface area (Å²) in [5.41, 5.74) is 1.87. The first-order chi connectivity index (χ1) is 12.5. The van der Waals surface area contributed by atoms with Crippen molar-refractivity contribution >= 4 is 11.6 Å². The Balaban J connectivity index is 1.61. The first kappa shape index (κ1) is 18.7. The highest BCUT2D eigenvalue weighted by atomic mass is 16.2. The third-order valence-corrected chi connectivity index (χ3v) is 5.92. The number of amides is 1. The van der Waals surface area contributed by atoms with E-state index in [9.17, 15) is 4.79 Å². The molecule has 0 unspecified atom stereocenters. The quantitative estimate of drug-likeness (QED) is 0.824. The molecule has 5 heteroatoms. The van der Waals surface area contributed by atoms with Gasteiger partial charge in [-0.1, -0.05) is 13.8 Å². The molecule has 2 fully saturated rings. The maximum absolute atomic E-state index is 12.7. The van der Waals surface area contributed by atoms with Gasteiger partial charge in [0.2, 0.25) is 5.91 Å². The molecular weight excluding hydrogens is 324 g/mol. The van der Waals surface area contributed by atoms with Crippen LogP contribution < -0.4 is 15.5 Å². The first-order valence-electron chi connectivity index (χ1n) is 9.74. The van der Waals surface area contributed by atoms with Crippen molar-refractivity contribution in [1.82, 2.24) is 10.6 Å². The van der Waals surface area contributed by atoms with Crippen molar-refractivity contribution in [3.05, 3.63) is 29.8 Å². The molecule has 0 radical (unpaired) electrons. The summed E-state index contributed by atoms with van der Waals surface area (Å²) in [5.74, 6) is 1.80. The molecule has 140 valence electrons. The number of rotatable bonds is 6. The van der Waals surface area contributed by atoms with Crippen LogP contribution >= 0.6 is 0 Å². The first-order valence-corrected chi connectivity index (χ1v) is 9.74. The Morgan fingerprint density at radius 1 is 1.27 bits per heavy atom. The lowest BCUT2D eigenvalue weighted by Gasteiger charge is -2.25. The summed E-state index contributed by atoms with van der Waals surface area (Å²) in [6, 6.07) is 10.2. The highest BCUT2D eigenvalue weighted by Crippen LogP contribution is 2.40. The fourth-order valence-corrected chi connectivity index (χ4v) is 4.51. The zero-order valence-electron chi connectivity index (χ0n) is 16.0. The van der Waals surface area contributed by atoms with Crippen molar-refractivity contribution < 1.29 is 4.79 Å². The Hall–Kier alpha value is -2.06. The molecule has 3 rings (SSSR count). The third-order valence-electron chi connectivity index (χ3n) is 5.92. The molecule has 1 aliphatic heterocycles. The van der Waals surface area contributed by atoms with Gasteiger partial charge in [-0.25, -0.2) is 0 Å². The standard InChI is InChI=1S/C21H30N4O/c1-14(2)10-20(23-3)21(26)24-19-9-6-16-12-25(13-18(16)19)17-7-4-15(11-22)5-8-17/h4-5,7-8,14,16,18-20,23H,6,9-10,12-13H2,1-3H3,(H,24,26)/t16-,18+,19+,20+/m1/s1. The van der Waals surface area contributed by atoms with E-state index in [1.165, 1.54) is 12.1 Å². The number of fused-ring (bicyclic) bond motifs is 1. The molecule has 5 nitrogen and oxygen atoms in total. The molecule has 2 N–H and O–H groups in total. The maximum atomic E-state index is 12.7. The third kappa shape index (κ3) is 4.02. The van der Waals surface area contributed by atoms with E-state index in [2.05, 4.69) is 35.5 Å². The van der Waals surface area contributed by atoms with Gasteiger partial charge in [0.05, 0.1) is 17.7 Å². The molecule has 0 bridgehead atoms. The van der Waals surface area contributed by atoms with E-state index in [-0.39, 0.29) is 18.0 Å². The molecule has 26 heavy (non-hydrogen) atoms. The van der Waals surface area contributed by atoms with Crippen molar-refractivity contribution in [2.24, 2.45) is 17.8 Å². The topological polar surface area (TPSA) is 68.2 Å². The minimum Gasteiger partial charge on any atom is -0.371 e. The highest BCUT2D eigenvalue weighted by molar-refractivity contribution is 5.82. The molecule has 0 aromatic heterocycles. The van der Waals surface area contributed by atoms with Gasteiger partial charge in [0.25, 0.3) is 0 Å². The van der Waals surface area contributed by atoms with Gasteiger partial charge in [-0.15, -0.1) is 0 Å². The van der Waals surface area contributed by atoms with Crippen LogP contribution in [-0.2, 0) is 4.79 Å². The number of carbonyl (C=O) groups is 1. The number of nitrogens with zero attached hydrogens (tertiary/aromatic N) is 2. The van der Waals surface area contributed by atoms with Crippen molar-refractivity contribution in [2.45, 2.75) is 45.2 Å². The van der Waals surface area contributed by atoms with Crippen molar-refractivity contribution in [1.29, 1.82) is 5.26 Å². The van der Waals surface area contributed by atoms with Gasteiger partial charge >= 0.3 is 0 Å². The Labute approximate surface area is 156 Å². The van der Waals surface area contributed by atoms with E-state index < -0.39 is 0 Å².